The van der Waals surface area contributed by atoms with E-state index in [9.17, 15) is 0 Å². The van der Waals surface area contributed by atoms with Crippen LogP contribution in [0.15, 0.2) is 79.0 Å². The molecule has 2 nitrogen and oxygen atoms in total. The van der Waals surface area contributed by atoms with Gasteiger partial charge < -0.3 is 4.74 Å². The highest BCUT2D eigenvalue weighted by atomic mass is 32.1. The van der Waals surface area contributed by atoms with E-state index >= 15 is 0 Å². The van der Waals surface area contributed by atoms with Crippen LogP contribution in [0.2, 0.25) is 0 Å². The van der Waals surface area contributed by atoms with E-state index in [1.807, 2.05) is 11.3 Å². The molecule has 3 aromatic carbocycles. The van der Waals surface area contributed by atoms with Crippen LogP contribution in [0.25, 0.3) is 21.3 Å². The molecular formula is C29H25BNOS+. The fraction of sp³-hybridized carbons (Fsp3) is 0.138. The molecule has 2 aromatic heterocycles. The molecule has 0 saturated carbocycles. The van der Waals surface area contributed by atoms with Crippen molar-refractivity contribution in [2.75, 3.05) is 0 Å². The number of rotatable bonds is 2. The maximum Gasteiger partial charge on any atom is 0.264 e. The molecule has 0 aliphatic carbocycles. The Morgan fingerprint density at radius 3 is 2.33 bits per heavy atom. The standard InChI is InChI=1S/C29H25BNOS/c1-18-15-16-21-27-29(33-28(21)25(18)23-13-7-8-17-31(23)4)30(22-12-5-6-14-24(22)32-27)26-19(2)10-9-11-20(26)3/h5-17H,1-4H3/q+1. The molecule has 1 aliphatic heterocycles. The van der Waals surface area contributed by atoms with E-state index in [1.54, 1.807) is 0 Å². The largest absolute Gasteiger partial charge is 0.457 e. The van der Waals surface area contributed by atoms with Crippen LogP contribution in [0.4, 0.5) is 0 Å². The number of aryl methyl sites for hydroxylation is 4. The number of ether oxygens (including phenoxy) is 1. The topological polar surface area (TPSA) is 13.1 Å². The molecule has 33 heavy (non-hydrogen) atoms. The Morgan fingerprint density at radius 2 is 1.55 bits per heavy atom. The van der Waals surface area contributed by atoms with Crippen LogP contribution in [-0.2, 0) is 7.05 Å². The zero-order chi connectivity index (χ0) is 22.7. The van der Waals surface area contributed by atoms with Gasteiger partial charge in [0.05, 0.1) is 10.3 Å². The van der Waals surface area contributed by atoms with Crippen LogP contribution in [0.5, 0.6) is 11.5 Å². The molecule has 5 aromatic rings. The van der Waals surface area contributed by atoms with Crippen molar-refractivity contribution in [3.05, 3.63) is 95.7 Å². The average molecular weight is 446 g/mol. The van der Waals surface area contributed by atoms with Gasteiger partial charge in [0, 0.05) is 22.3 Å². The molecule has 1 aliphatic rings. The van der Waals surface area contributed by atoms with Crippen molar-refractivity contribution >= 4 is 43.8 Å². The summed E-state index contributed by atoms with van der Waals surface area (Å²) in [6.45, 7) is 6.83. The Balaban J connectivity index is 1.70. The summed E-state index contributed by atoms with van der Waals surface area (Å²) in [6, 6.07) is 26.0. The Morgan fingerprint density at radius 1 is 0.788 bits per heavy atom. The smallest absolute Gasteiger partial charge is 0.264 e. The first-order chi connectivity index (χ1) is 16.0. The molecule has 3 heterocycles. The maximum absolute atomic E-state index is 6.63. The van der Waals surface area contributed by atoms with Gasteiger partial charge in [0.15, 0.2) is 6.20 Å². The summed E-state index contributed by atoms with van der Waals surface area (Å²) in [6.07, 6.45) is 2.12. The van der Waals surface area contributed by atoms with Crippen LogP contribution in [0.3, 0.4) is 0 Å². The van der Waals surface area contributed by atoms with Crippen molar-refractivity contribution in [3.63, 3.8) is 0 Å². The summed E-state index contributed by atoms with van der Waals surface area (Å²) in [4.78, 5) is 0. The third-order valence-electron chi connectivity index (χ3n) is 6.89. The van der Waals surface area contributed by atoms with Crippen LogP contribution in [0, 0.1) is 20.8 Å². The average Bonchev–Trinajstić information content (AvgIpc) is 3.17. The molecule has 0 amide bonds. The molecule has 0 atom stereocenters. The molecule has 0 fully saturated rings. The number of thiophene rings is 1. The van der Waals surface area contributed by atoms with Crippen LogP contribution in [0.1, 0.15) is 16.7 Å². The van der Waals surface area contributed by atoms with Gasteiger partial charge >= 0.3 is 0 Å². The molecule has 0 saturated heterocycles. The number of fused-ring (bicyclic) bond motifs is 4. The van der Waals surface area contributed by atoms with Crippen LogP contribution in [-0.4, -0.2) is 6.71 Å². The van der Waals surface area contributed by atoms with Gasteiger partial charge in [-0.05, 0) is 50.0 Å². The van der Waals surface area contributed by atoms with Crippen molar-refractivity contribution in [3.8, 4) is 22.8 Å². The third-order valence-corrected chi connectivity index (χ3v) is 8.16. The summed E-state index contributed by atoms with van der Waals surface area (Å²) in [5, 5.41) is 1.20. The van der Waals surface area contributed by atoms with Gasteiger partial charge in [-0.3, -0.25) is 0 Å². The molecule has 4 heteroatoms. The number of pyridine rings is 1. The summed E-state index contributed by atoms with van der Waals surface area (Å²) in [5.41, 5.74) is 9.09. The first kappa shape index (κ1) is 20.3. The zero-order valence-corrected chi connectivity index (χ0v) is 20.2. The number of aromatic nitrogens is 1. The third kappa shape index (κ3) is 3.05. The van der Waals surface area contributed by atoms with Gasteiger partial charge in [0.25, 0.3) is 6.71 Å². The Labute approximate surface area is 199 Å². The van der Waals surface area contributed by atoms with Crippen molar-refractivity contribution in [1.29, 1.82) is 0 Å². The van der Waals surface area contributed by atoms with Crippen molar-refractivity contribution < 1.29 is 9.30 Å². The lowest BCUT2D eigenvalue weighted by molar-refractivity contribution is -0.660. The van der Waals surface area contributed by atoms with E-state index in [0.29, 0.717) is 0 Å². The lowest BCUT2D eigenvalue weighted by atomic mass is 9.37. The van der Waals surface area contributed by atoms with Crippen molar-refractivity contribution in [1.82, 2.24) is 0 Å². The van der Waals surface area contributed by atoms with Gasteiger partial charge in [-0.15, -0.1) is 11.3 Å². The lowest BCUT2D eigenvalue weighted by Gasteiger charge is -2.26. The summed E-state index contributed by atoms with van der Waals surface area (Å²) in [5.74, 6) is 1.98. The predicted molar refractivity (Wildman–Crippen MR) is 140 cm³/mol. The van der Waals surface area contributed by atoms with E-state index < -0.39 is 0 Å². The Bertz CT molecular complexity index is 1530. The highest BCUT2D eigenvalue weighted by molar-refractivity contribution is 7.33. The van der Waals surface area contributed by atoms with Gasteiger partial charge in [-0.25, -0.2) is 4.57 Å². The fourth-order valence-corrected chi connectivity index (χ4v) is 6.75. The zero-order valence-electron chi connectivity index (χ0n) is 19.3. The fourth-order valence-electron chi connectivity index (χ4n) is 5.28. The molecule has 0 unspecified atom stereocenters. The van der Waals surface area contributed by atoms with Crippen molar-refractivity contribution in [2.45, 2.75) is 20.8 Å². The SMILES string of the molecule is Cc1cccc(C)c1B1c2ccccc2Oc2c1sc1c(-c3cccc[n+]3C)c(C)ccc21. The van der Waals surface area contributed by atoms with E-state index in [0.717, 1.165) is 11.5 Å². The predicted octanol–water partition coefficient (Wildman–Crippen LogP) is 4.94. The van der Waals surface area contributed by atoms with E-state index in [-0.39, 0.29) is 6.71 Å². The van der Waals surface area contributed by atoms with Crippen LogP contribution >= 0.6 is 11.3 Å². The molecule has 0 radical (unpaired) electrons. The molecule has 0 spiro atoms. The highest BCUT2D eigenvalue weighted by Gasteiger charge is 2.37. The first-order valence-electron chi connectivity index (χ1n) is 11.4. The van der Waals surface area contributed by atoms with Crippen LogP contribution < -0.4 is 25.0 Å². The summed E-state index contributed by atoms with van der Waals surface area (Å²) in [7, 11) is 2.12. The number of benzene rings is 3. The molecule has 6 rings (SSSR count). The van der Waals surface area contributed by atoms with E-state index in [4.69, 9.17) is 4.74 Å². The highest BCUT2D eigenvalue weighted by Crippen LogP contribution is 2.42. The number of hydrogen-bond acceptors (Lipinski definition) is 2. The maximum atomic E-state index is 6.63. The number of para-hydroxylation sites is 1. The Kier molecular flexibility index (Phi) is 4.67. The monoisotopic (exact) mass is 446 g/mol. The second-order valence-electron chi connectivity index (χ2n) is 9.00. The van der Waals surface area contributed by atoms with Gasteiger partial charge in [0.1, 0.15) is 18.5 Å². The molecule has 0 bridgehead atoms. The van der Waals surface area contributed by atoms with E-state index in [2.05, 4.69) is 111 Å². The van der Waals surface area contributed by atoms with E-state index in [1.165, 1.54) is 53.7 Å². The molecular weight excluding hydrogens is 421 g/mol. The van der Waals surface area contributed by atoms with Gasteiger partial charge in [0.2, 0.25) is 5.69 Å². The second-order valence-corrected chi connectivity index (χ2v) is 10.1. The molecule has 0 N–H and O–H groups in total. The number of hydrogen-bond donors (Lipinski definition) is 0. The minimum atomic E-state index is 0.168. The van der Waals surface area contributed by atoms with Gasteiger partial charge in [-0.1, -0.05) is 59.1 Å². The quantitative estimate of drug-likeness (QED) is 0.271. The molecule has 160 valence electrons. The summed E-state index contributed by atoms with van der Waals surface area (Å²) >= 11 is 1.89. The Hall–Kier alpha value is -3.37. The normalized spacial score (nSPS) is 12.4. The number of nitrogens with zero attached hydrogens (tertiary/aromatic N) is 1. The lowest BCUT2D eigenvalue weighted by Crippen LogP contribution is -2.55. The first-order valence-corrected chi connectivity index (χ1v) is 12.2. The minimum Gasteiger partial charge on any atom is -0.457 e. The minimum absolute atomic E-state index is 0.168. The second kappa shape index (κ2) is 7.60. The van der Waals surface area contributed by atoms with Crippen molar-refractivity contribution in [2.24, 2.45) is 7.05 Å². The van der Waals surface area contributed by atoms with Gasteiger partial charge in [-0.2, -0.15) is 0 Å². The summed E-state index contributed by atoms with van der Waals surface area (Å²) < 4.78 is 11.4.